The van der Waals surface area contributed by atoms with Gasteiger partial charge in [0.2, 0.25) is 5.91 Å². The molecule has 3 saturated heterocycles. The first-order chi connectivity index (χ1) is 10.5. The average molecular weight is 308 g/mol. The van der Waals surface area contributed by atoms with Crippen LogP contribution in [0.5, 0.6) is 0 Å². The van der Waals surface area contributed by atoms with Gasteiger partial charge in [-0.1, -0.05) is 0 Å². The summed E-state index contributed by atoms with van der Waals surface area (Å²) in [6, 6.07) is -0.840. The Labute approximate surface area is 130 Å². The molecule has 1 atom stereocenters. The number of rotatable bonds is 2. The maximum absolute atomic E-state index is 12.6. The molecule has 7 heteroatoms. The first-order valence-corrected chi connectivity index (χ1v) is 8.14. The van der Waals surface area contributed by atoms with Crippen molar-refractivity contribution in [3.8, 4) is 0 Å². The molecule has 0 aromatic heterocycles. The van der Waals surface area contributed by atoms with Gasteiger partial charge >= 0.3 is 6.03 Å². The summed E-state index contributed by atoms with van der Waals surface area (Å²) in [5.74, 6) is 0.0356. The number of imide groups is 1. The first kappa shape index (κ1) is 15.3. The van der Waals surface area contributed by atoms with Gasteiger partial charge in [-0.15, -0.1) is 0 Å². The summed E-state index contributed by atoms with van der Waals surface area (Å²) in [6.45, 7) is 6.75. The molecular weight excluding hydrogens is 284 g/mol. The Hall–Kier alpha value is -1.63. The molecule has 0 aromatic rings. The highest BCUT2D eigenvalue weighted by Crippen LogP contribution is 2.25. The summed E-state index contributed by atoms with van der Waals surface area (Å²) in [7, 11) is 0. The van der Waals surface area contributed by atoms with Crippen LogP contribution >= 0.6 is 0 Å². The highest BCUT2D eigenvalue weighted by molar-refractivity contribution is 6.05. The highest BCUT2D eigenvalue weighted by atomic mass is 16.2. The lowest BCUT2D eigenvalue weighted by molar-refractivity contribution is -0.140. The maximum Gasteiger partial charge on any atom is 0.327 e. The van der Waals surface area contributed by atoms with E-state index in [-0.39, 0.29) is 29.8 Å². The lowest BCUT2D eigenvalue weighted by Crippen LogP contribution is -2.56. The quantitative estimate of drug-likeness (QED) is 0.721. The molecule has 3 aliphatic heterocycles. The molecule has 3 fully saturated rings. The predicted molar refractivity (Wildman–Crippen MR) is 80.0 cm³/mol. The summed E-state index contributed by atoms with van der Waals surface area (Å²) in [5.41, 5.74) is 0. The predicted octanol–water partition coefficient (Wildman–Crippen LogP) is -0.131. The fraction of sp³-hybridized carbons (Fsp3) is 0.800. The molecule has 22 heavy (non-hydrogen) atoms. The van der Waals surface area contributed by atoms with Crippen molar-refractivity contribution in [1.29, 1.82) is 0 Å². The molecule has 0 saturated carbocycles. The van der Waals surface area contributed by atoms with Gasteiger partial charge in [0.25, 0.3) is 5.91 Å². The normalized spacial score (nSPS) is 26.9. The van der Waals surface area contributed by atoms with E-state index in [1.165, 1.54) is 4.90 Å². The number of piperazine rings is 1. The van der Waals surface area contributed by atoms with Crippen LogP contribution in [-0.2, 0) is 9.59 Å². The molecule has 4 amide bonds. The number of carbonyl (C=O) groups is 3. The molecule has 7 nitrogen and oxygen atoms in total. The third kappa shape index (κ3) is 2.47. The molecule has 3 aliphatic rings. The molecule has 1 unspecified atom stereocenters. The van der Waals surface area contributed by atoms with Crippen LogP contribution in [0.1, 0.15) is 26.7 Å². The minimum absolute atomic E-state index is 0.0567. The molecule has 0 bridgehead atoms. The fourth-order valence-corrected chi connectivity index (χ4v) is 3.62. The Kier molecular flexibility index (Phi) is 4.08. The van der Waals surface area contributed by atoms with E-state index >= 15 is 0 Å². The second-order valence-corrected chi connectivity index (χ2v) is 6.60. The molecule has 0 aliphatic carbocycles. The van der Waals surface area contributed by atoms with Gasteiger partial charge in [-0.3, -0.25) is 14.5 Å². The standard InChI is InChI=1S/C15H24N4O3/c1-10(2)19-14(21)12-9-17(7-8-18(12)15(19)22)13(20)11-3-5-16-6-4-11/h10-12,16H,3-9H2,1-2H3. The third-order valence-corrected chi connectivity index (χ3v) is 4.87. The van der Waals surface area contributed by atoms with E-state index in [0.717, 1.165) is 25.9 Å². The van der Waals surface area contributed by atoms with E-state index in [0.29, 0.717) is 19.6 Å². The number of nitrogens with zero attached hydrogens (tertiary/aromatic N) is 3. The van der Waals surface area contributed by atoms with E-state index in [9.17, 15) is 14.4 Å². The van der Waals surface area contributed by atoms with E-state index in [4.69, 9.17) is 0 Å². The maximum atomic E-state index is 12.6. The fourth-order valence-electron chi connectivity index (χ4n) is 3.62. The van der Waals surface area contributed by atoms with Gasteiger partial charge in [0.05, 0.1) is 6.54 Å². The topological polar surface area (TPSA) is 73.0 Å². The molecule has 122 valence electrons. The molecule has 0 aromatic carbocycles. The highest BCUT2D eigenvalue weighted by Gasteiger charge is 2.49. The molecular formula is C15H24N4O3. The van der Waals surface area contributed by atoms with Crippen molar-refractivity contribution in [2.45, 2.75) is 38.8 Å². The van der Waals surface area contributed by atoms with Crippen LogP contribution < -0.4 is 5.32 Å². The van der Waals surface area contributed by atoms with Crippen LogP contribution in [0.25, 0.3) is 0 Å². The molecule has 0 spiro atoms. The van der Waals surface area contributed by atoms with Crippen LogP contribution in [-0.4, -0.2) is 77.4 Å². The number of hydrogen-bond donors (Lipinski definition) is 1. The van der Waals surface area contributed by atoms with Crippen molar-refractivity contribution in [2.24, 2.45) is 5.92 Å². The number of fused-ring (bicyclic) bond motifs is 1. The van der Waals surface area contributed by atoms with Gasteiger partial charge in [0.15, 0.2) is 0 Å². The number of urea groups is 1. The summed E-state index contributed by atoms with van der Waals surface area (Å²) >= 11 is 0. The van der Waals surface area contributed by atoms with E-state index < -0.39 is 6.04 Å². The van der Waals surface area contributed by atoms with Crippen LogP contribution in [0.4, 0.5) is 4.79 Å². The van der Waals surface area contributed by atoms with Gasteiger partial charge in [-0.25, -0.2) is 4.79 Å². The minimum Gasteiger partial charge on any atom is -0.338 e. The zero-order chi connectivity index (χ0) is 15.9. The Balaban J connectivity index is 1.69. The average Bonchev–Trinajstić information content (AvgIpc) is 2.78. The van der Waals surface area contributed by atoms with E-state index in [1.807, 2.05) is 13.8 Å². The second-order valence-electron chi connectivity index (χ2n) is 6.60. The minimum atomic E-state index is -0.491. The van der Waals surface area contributed by atoms with Crippen molar-refractivity contribution in [3.63, 3.8) is 0 Å². The molecule has 0 radical (unpaired) electrons. The lowest BCUT2D eigenvalue weighted by atomic mass is 9.96. The smallest absolute Gasteiger partial charge is 0.327 e. The SMILES string of the molecule is CC(C)N1C(=O)C2CN(C(=O)C3CCNCC3)CCN2C1=O. The Morgan fingerprint density at radius 2 is 1.86 bits per heavy atom. The molecule has 3 rings (SSSR count). The van der Waals surface area contributed by atoms with Crippen LogP contribution in [0.15, 0.2) is 0 Å². The van der Waals surface area contributed by atoms with E-state index in [2.05, 4.69) is 5.32 Å². The summed E-state index contributed by atoms with van der Waals surface area (Å²) in [6.07, 6.45) is 1.71. The van der Waals surface area contributed by atoms with Gasteiger partial charge in [0.1, 0.15) is 6.04 Å². The Morgan fingerprint density at radius 1 is 1.18 bits per heavy atom. The number of piperidine rings is 1. The number of amides is 4. The van der Waals surface area contributed by atoms with Crippen LogP contribution in [0.3, 0.4) is 0 Å². The third-order valence-electron chi connectivity index (χ3n) is 4.87. The van der Waals surface area contributed by atoms with Gasteiger partial charge in [0, 0.05) is 25.0 Å². The van der Waals surface area contributed by atoms with Gasteiger partial charge in [-0.05, 0) is 39.8 Å². The van der Waals surface area contributed by atoms with Gasteiger partial charge in [-0.2, -0.15) is 0 Å². The van der Waals surface area contributed by atoms with Crippen LogP contribution in [0.2, 0.25) is 0 Å². The van der Waals surface area contributed by atoms with Crippen molar-refractivity contribution in [1.82, 2.24) is 20.0 Å². The lowest BCUT2D eigenvalue weighted by Gasteiger charge is -2.37. The zero-order valence-corrected chi connectivity index (χ0v) is 13.2. The van der Waals surface area contributed by atoms with Crippen molar-refractivity contribution in [2.75, 3.05) is 32.7 Å². The van der Waals surface area contributed by atoms with Crippen molar-refractivity contribution < 1.29 is 14.4 Å². The summed E-state index contributed by atoms with van der Waals surface area (Å²) < 4.78 is 0. The summed E-state index contributed by atoms with van der Waals surface area (Å²) in [5, 5.41) is 3.26. The second kappa shape index (κ2) is 5.87. The first-order valence-electron chi connectivity index (χ1n) is 8.14. The van der Waals surface area contributed by atoms with Crippen LogP contribution in [0, 0.1) is 5.92 Å². The monoisotopic (exact) mass is 308 g/mol. The number of carbonyl (C=O) groups excluding carboxylic acids is 3. The molecule has 1 N–H and O–H groups in total. The summed E-state index contributed by atoms with van der Waals surface area (Å²) in [4.78, 5) is 42.1. The van der Waals surface area contributed by atoms with Gasteiger partial charge < -0.3 is 15.1 Å². The molecule has 3 heterocycles. The van der Waals surface area contributed by atoms with E-state index in [1.54, 1.807) is 9.80 Å². The number of nitrogens with one attached hydrogen (secondary N) is 1. The zero-order valence-electron chi connectivity index (χ0n) is 13.2. The largest absolute Gasteiger partial charge is 0.338 e. The Bertz CT molecular complexity index is 487. The van der Waals surface area contributed by atoms with Crippen molar-refractivity contribution >= 4 is 17.8 Å². The number of hydrogen-bond acceptors (Lipinski definition) is 4. The Morgan fingerprint density at radius 3 is 2.50 bits per heavy atom. The van der Waals surface area contributed by atoms with Crippen molar-refractivity contribution in [3.05, 3.63) is 0 Å².